The van der Waals surface area contributed by atoms with Crippen LogP contribution in [-0.4, -0.2) is 39.3 Å². The van der Waals surface area contributed by atoms with Crippen molar-refractivity contribution in [2.45, 2.75) is 48.7 Å². The number of rotatable bonds is 6. The molecule has 1 heterocycles. The first-order valence-electron chi connectivity index (χ1n) is 10.6. The average Bonchev–Trinajstić information content (AvgIpc) is 2.77. The minimum absolute atomic E-state index is 0.0303. The van der Waals surface area contributed by atoms with Gasteiger partial charge in [-0.25, -0.2) is 12.8 Å². The Labute approximate surface area is 188 Å². The van der Waals surface area contributed by atoms with Crippen LogP contribution in [0.5, 0.6) is 0 Å². The Kier molecular flexibility index (Phi) is 6.12. The SMILES string of the molecule is COC1(OC)CC(C#N)(c2ccc(CN3CCC[C@H](c4ccccc4)S3(=O)=O)c(F)c2)C1. The standard InChI is InChI=1S/C24H27FN2O4S/c1-30-24(31-2)15-23(16-24,17-26)20-11-10-19(21(25)13-20)14-27-12-6-9-22(32(27,28)29)18-7-4-3-5-8-18/h3-5,7-8,10-11,13,22H,6,9,12,14-16H2,1-2H3/t22-/m1/s1. The fourth-order valence-electron chi connectivity index (χ4n) is 4.84. The Hall–Kier alpha value is -2.31. The van der Waals surface area contributed by atoms with E-state index in [1.54, 1.807) is 12.1 Å². The zero-order chi connectivity index (χ0) is 23.0. The van der Waals surface area contributed by atoms with Gasteiger partial charge in [-0.2, -0.15) is 9.57 Å². The van der Waals surface area contributed by atoms with Crippen molar-refractivity contribution in [2.75, 3.05) is 20.8 Å². The molecular weight excluding hydrogens is 431 g/mol. The first-order chi connectivity index (χ1) is 15.3. The van der Waals surface area contributed by atoms with Gasteiger partial charge in [-0.05, 0) is 30.0 Å². The molecule has 1 aliphatic heterocycles. The van der Waals surface area contributed by atoms with E-state index >= 15 is 4.39 Å². The summed E-state index contributed by atoms with van der Waals surface area (Å²) in [6.45, 7) is 0.330. The smallest absolute Gasteiger partial charge is 0.221 e. The fraction of sp³-hybridized carbons (Fsp3) is 0.458. The first-order valence-corrected chi connectivity index (χ1v) is 12.1. The van der Waals surface area contributed by atoms with E-state index in [0.717, 1.165) is 5.56 Å². The number of nitriles is 1. The number of benzene rings is 2. The van der Waals surface area contributed by atoms with Gasteiger partial charge in [0.05, 0.1) is 11.5 Å². The molecule has 8 heteroatoms. The van der Waals surface area contributed by atoms with Crippen LogP contribution in [0.4, 0.5) is 4.39 Å². The van der Waals surface area contributed by atoms with Gasteiger partial charge in [-0.15, -0.1) is 0 Å². The zero-order valence-corrected chi connectivity index (χ0v) is 19.1. The van der Waals surface area contributed by atoms with E-state index < -0.39 is 32.3 Å². The van der Waals surface area contributed by atoms with E-state index in [-0.39, 0.29) is 6.54 Å². The van der Waals surface area contributed by atoms with E-state index in [4.69, 9.17) is 9.47 Å². The van der Waals surface area contributed by atoms with Crippen LogP contribution in [0.2, 0.25) is 0 Å². The summed E-state index contributed by atoms with van der Waals surface area (Å²) in [5, 5.41) is 9.15. The van der Waals surface area contributed by atoms with Crippen LogP contribution in [0.25, 0.3) is 0 Å². The lowest BCUT2D eigenvalue weighted by Crippen LogP contribution is -2.56. The second kappa shape index (κ2) is 8.56. The molecule has 0 spiro atoms. The van der Waals surface area contributed by atoms with Crippen LogP contribution in [0.15, 0.2) is 48.5 Å². The third kappa shape index (κ3) is 3.84. The summed E-state index contributed by atoms with van der Waals surface area (Å²) >= 11 is 0. The molecule has 0 radical (unpaired) electrons. The third-order valence-corrected chi connectivity index (χ3v) is 9.08. The monoisotopic (exact) mass is 458 g/mol. The number of methoxy groups -OCH3 is 2. The summed E-state index contributed by atoms with van der Waals surface area (Å²) in [6, 6.07) is 16.1. The molecule has 0 amide bonds. The van der Waals surface area contributed by atoms with Crippen molar-refractivity contribution in [3.63, 3.8) is 0 Å². The van der Waals surface area contributed by atoms with Crippen LogP contribution in [-0.2, 0) is 31.5 Å². The lowest BCUT2D eigenvalue weighted by molar-refractivity contribution is -0.269. The van der Waals surface area contributed by atoms with Gasteiger partial charge < -0.3 is 9.47 Å². The van der Waals surface area contributed by atoms with E-state index in [2.05, 4.69) is 6.07 Å². The minimum Gasteiger partial charge on any atom is -0.353 e. The van der Waals surface area contributed by atoms with E-state index in [1.165, 1.54) is 24.6 Å². The molecule has 1 atom stereocenters. The molecule has 2 aromatic rings. The maximum Gasteiger partial charge on any atom is 0.221 e. The van der Waals surface area contributed by atoms with Crippen molar-refractivity contribution < 1.29 is 22.3 Å². The van der Waals surface area contributed by atoms with E-state index in [9.17, 15) is 13.7 Å². The second-order valence-electron chi connectivity index (χ2n) is 8.59. The highest BCUT2D eigenvalue weighted by Crippen LogP contribution is 2.52. The summed E-state index contributed by atoms with van der Waals surface area (Å²) in [5.41, 5.74) is 0.715. The molecule has 6 nitrogen and oxygen atoms in total. The van der Waals surface area contributed by atoms with Crippen LogP contribution < -0.4 is 0 Å². The predicted octanol–water partition coefficient (Wildman–Crippen LogP) is 4.04. The van der Waals surface area contributed by atoms with Crippen molar-refractivity contribution in [1.82, 2.24) is 4.31 Å². The summed E-state index contributed by atoms with van der Waals surface area (Å²) in [4.78, 5) is 0. The molecule has 170 valence electrons. The molecule has 0 N–H and O–H groups in total. The molecule has 1 saturated heterocycles. The molecule has 2 aromatic carbocycles. The van der Waals surface area contributed by atoms with Gasteiger partial charge in [-0.3, -0.25) is 0 Å². The number of sulfonamides is 1. The highest BCUT2D eigenvalue weighted by atomic mass is 32.2. The molecule has 32 heavy (non-hydrogen) atoms. The van der Waals surface area contributed by atoms with Crippen molar-refractivity contribution in [2.24, 2.45) is 0 Å². The molecule has 0 bridgehead atoms. The molecule has 1 aliphatic carbocycles. The fourth-order valence-corrected chi connectivity index (χ4v) is 6.86. The molecule has 2 aliphatic rings. The summed E-state index contributed by atoms with van der Waals surface area (Å²) in [5.74, 6) is -1.35. The topological polar surface area (TPSA) is 79.6 Å². The van der Waals surface area contributed by atoms with Crippen LogP contribution in [0.1, 0.15) is 47.6 Å². The molecular formula is C24H27FN2O4S. The van der Waals surface area contributed by atoms with Gasteiger partial charge >= 0.3 is 0 Å². The van der Waals surface area contributed by atoms with E-state index in [1.807, 2.05) is 30.3 Å². The average molecular weight is 459 g/mol. The van der Waals surface area contributed by atoms with Crippen molar-refractivity contribution in [1.29, 1.82) is 5.26 Å². The second-order valence-corrected chi connectivity index (χ2v) is 10.7. The highest BCUT2D eigenvalue weighted by Gasteiger charge is 2.57. The molecule has 1 saturated carbocycles. The quantitative estimate of drug-likeness (QED) is 0.611. The number of halogens is 1. The maximum absolute atomic E-state index is 15.1. The number of ether oxygens (including phenoxy) is 2. The number of nitrogens with zero attached hydrogens (tertiary/aromatic N) is 2. The Morgan fingerprint density at radius 3 is 2.44 bits per heavy atom. The Morgan fingerprint density at radius 1 is 1.16 bits per heavy atom. The molecule has 0 unspecified atom stereocenters. The van der Waals surface area contributed by atoms with Crippen LogP contribution >= 0.6 is 0 Å². The van der Waals surface area contributed by atoms with Gasteiger partial charge in [0, 0.05) is 45.7 Å². The lowest BCUT2D eigenvalue weighted by atomic mass is 9.61. The van der Waals surface area contributed by atoms with Gasteiger partial charge in [-0.1, -0.05) is 42.5 Å². The van der Waals surface area contributed by atoms with Gasteiger partial charge in [0.2, 0.25) is 10.0 Å². The third-order valence-electron chi connectivity index (χ3n) is 6.82. The van der Waals surface area contributed by atoms with Gasteiger partial charge in [0.25, 0.3) is 0 Å². The van der Waals surface area contributed by atoms with E-state index in [0.29, 0.717) is 43.4 Å². The lowest BCUT2D eigenvalue weighted by Gasteiger charge is -2.50. The zero-order valence-electron chi connectivity index (χ0n) is 18.3. The van der Waals surface area contributed by atoms with Gasteiger partial charge in [0.15, 0.2) is 5.79 Å². The van der Waals surface area contributed by atoms with Crippen molar-refractivity contribution in [3.05, 3.63) is 71.0 Å². The maximum atomic E-state index is 15.1. The van der Waals surface area contributed by atoms with Crippen molar-refractivity contribution >= 4 is 10.0 Å². The summed E-state index contributed by atoms with van der Waals surface area (Å²) < 4.78 is 53.7. The Morgan fingerprint density at radius 2 is 1.84 bits per heavy atom. The minimum atomic E-state index is -3.61. The summed E-state index contributed by atoms with van der Waals surface area (Å²) in [7, 11) is -0.562. The number of hydrogen-bond acceptors (Lipinski definition) is 5. The molecule has 0 aromatic heterocycles. The van der Waals surface area contributed by atoms with Gasteiger partial charge in [0.1, 0.15) is 11.1 Å². The van der Waals surface area contributed by atoms with Crippen LogP contribution in [0.3, 0.4) is 0 Å². The normalized spacial score (nSPS) is 23.8. The Bertz CT molecular complexity index is 1120. The van der Waals surface area contributed by atoms with Crippen molar-refractivity contribution in [3.8, 4) is 6.07 Å². The largest absolute Gasteiger partial charge is 0.353 e. The Balaban J connectivity index is 1.55. The number of hydrogen-bond donors (Lipinski definition) is 0. The molecule has 4 rings (SSSR count). The highest BCUT2D eigenvalue weighted by molar-refractivity contribution is 7.89. The predicted molar refractivity (Wildman–Crippen MR) is 117 cm³/mol. The van der Waals surface area contributed by atoms with Crippen LogP contribution in [0, 0.1) is 17.1 Å². The molecule has 2 fully saturated rings. The summed E-state index contributed by atoms with van der Waals surface area (Å²) in [6.07, 6.45) is 1.88. The first kappa shape index (κ1) is 22.9.